The maximum Gasteiger partial charge on any atom is 0.267 e. The van der Waals surface area contributed by atoms with Crippen LogP contribution in [-0.2, 0) is 17.0 Å². The molecule has 2 heterocycles. The second-order valence-electron chi connectivity index (χ2n) is 7.00. The SMILES string of the molecule is C=C/C(=C\C(=C(/C)O)c1ccc(F)cc1)C1(c2cccc(CF)n2)N=C(N)N(C)C1=O. The zero-order valence-electron chi connectivity index (χ0n) is 17.1. The number of aromatic nitrogens is 1. The zero-order valence-corrected chi connectivity index (χ0v) is 17.1. The van der Waals surface area contributed by atoms with Crippen molar-refractivity contribution in [2.45, 2.75) is 19.1 Å². The number of amides is 1. The average Bonchev–Trinajstić information content (AvgIpc) is 3.00. The summed E-state index contributed by atoms with van der Waals surface area (Å²) >= 11 is 0. The summed E-state index contributed by atoms with van der Waals surface area (Å²) in [5.74, 6) is -1.05. The molecule has 0 aliphatic carbocycles. The molecule has 3 N–H and O–H groups in total. The lowest BCUT2D eigenvalue weighted by atomic mass is 9.83. The molecule has 0 bridgehead atoms. The van der Waals surface area contributed by atoms with Crippen LogP contribution in [0.3, 0.4) is 0 Å². The number of hydrogen-bond donors (Lipinski definition) is 2. The Morgan fingerprint density at radius 3 is 2.48 bits per heavy atom. The number of halogens is 2. The fourth-order valence-corrected chi connectivity index (χ4v) is 3.39. The van der Waals surface area contributed by atoms with E-state index in [1.807, 2.05) is 0 Å². The molecule has 1 atom stereocenters. The van der Waals surface area contributed by atoms with Crippen molar-refractivity contribution >= 4 is 17.4 Å². The summed E-state index contributed by atoms with van der Waals surface area (Å²) < 4.78 is 26.7. The van der Waals surface area contributed by atoms with Crippen LogP contribution in [0, 0.1) is 5.82 Å². The minimum atomic E-state index is -1.72. The summed E-state index contributed by atoms with van der Waals surface area (Å²) in [4.78, 5) is 23.2. The number of nitrogens with zero attached hydrogens (tertiary/aromatic N) is 3. The molecule has 1 aliphatic heterocycles. The van der Waals surface area contributed by atoms with E-state index in [1.165, 1.54) is 61.4 Å². The molecule has 0 saturated carbocycles. The Morgan fingerprint density at radius 2 is 1.97 bits per heavy atom. The predicted molar refractivity (Wildman–Crippen MR) is 115 cm³/mol. The van der Waals surface area contributed by atoms with E-state index < -0.39 is 23.9 Å². The molecule has 31 heavy (non-hydrogen) atoms. The summed E-state index contributed by atoms with van der Waals surface area (Å²) in [7, 11) is 1.47. The number of rotatable bonds is 6. The van der Waals surface area contributed by atoms with Gasteiger partial charge in [0.2, 0.25) is 5.54 Å². The number of likely N-dealkylation sites (N-methyl/N-ethyl adjacent to an activating group) is 1. The van der Waals surface area contributed by atoms with Gasteiger partial charge in [0.25, 0.3) is 5.91 Å². The maximum atomic E-state index is 13.4. The van der Waals surface area contributed by atoms with Gasteiger partial charge >= 0.3 is 0 Å². The second-order valence-corrected chi connectivity index (χ2v) is 7.00. The number of alkyl halides is 1. The van der Waals surface area contributed by atoms with E-state index in [-0.39, 0.29) is 28.7 Å². The van der Waals surface area contributed by atoms with Crippen LogP contribution < -0.4 is 5.73 Å². The molecule has 160 valence electrons. The van der Waals surface area contributed by atoms with Gasteiger partial charge in [0.15, 0.2) is 5.96 Å². The van der Waals surface area contributed by atoms with Gasteiger partial charge in [-0.2, -0.15) is 0 Å². The molecule has 3 rings (SSSR count). The minimum absolute atomic E-state index is 0.0433. The number of pyridine rings is 1. The molecule has 2 aromatic rings. The highest BCUT2D eigenvalue weighted by molar-refractivity contribution is 6.09. The van der Waals surface area contributed by atoms with Crippen molar-refractivity contribution < 1.29 is 18.7 Å². The second kappa shape index (κ2) is 8.51. The molecule has 1 unspecified atom stereocenters. The van der Waals surface area contributed by atoms with Crippen LogP contribution in [0.5, 0.6) is 0 Å². The Morgan fingerprint density at radius 1 is 1.29 bits per heavy atom. The number of hydrogen-bond acceptors (Lipinski definition) is 5. The Bertz CT molecular complexity index is 1120. The normalized spacial score (nSPS) is 19.9. The standard InChI is InChI=1S/C23H22F2N4O2/c1-4-16(12-19(14(2)30)15-8-10-17(25)11-9-15)23(21(31)29(3)22(26)28-23)20-7-5-6-18(13-24)27-20/h4-12,30H,1,13H2,2-3H3,(H2,26,28)/b16-12+,19-14-. The fraction of sp³-hybridized carbons (Fsp3) is 0.174. The van der Waals surface area contributed by atoms with Crippen molar-refractivity contribution in [3.8, 4) is 0 Å². The first kappa shape index (κ1) is 21.9. The molecule has 0 fully saturated rings. The number of carbonyl (C=O) groups is 1. The third kappa shape index (κ3) is 3.84. The van der Waals surface area contributed by atoms with Gasteiger partial charge in [-0.3, -0.25) is 14.7 Å². The lowest BCUT2D eigenvalue weighted by Gasteiger charge is -2.26. The molecule has 6 nitrogen and oxygen atoms in total. The number of carbonyl (C=O) groups excluding carboxylic acids is 1. The molecule has 1 aliphatic rings. The van der Waals surface area contributed by atoms with Crippen LogP contribution in [-0.4, -0.2) is 33.9 Å². The Kier molecular flexibility index (Phi) is 6.01. The van der Waals surface area contributed by atoms with E-state index in [0.29, 0.717) is 11.1 Å². The van der Waals surface area contributed by atoms with Crippen molar-refractivity contribution in [2.24, 2.45) is 10.7 Å². The Labute approximate surface area is 178 Å². The van der Waals surface area contributed by atoms with Crippen LogP contribution >= 0.6 is 0 Å². The topological polar surface area (TPSA) is 91.8 Å². The molecule has 0 saturated heterocycles. The number of aliphatic hydroxyl groups is 1. The van der Waals surface area contributed by atoms with E-state index in [0.717, 1.165) is 0 Å². The van der Waals surface area contributed by atoms with Crippen LogP contribution in [0.25, 0.3) is 5.57 Å². The van der Waals surface area contributed by atoms with Crippen molar-refractivity contribution in [3.05, 3.63) is 95.3 Å². The van der Waals surface area contributed by atoms with E-state index in [2.05, 4.69) is 16.6 Å². The smallest absolute Gasteiger partial charge is 0.267 e. The van der Waals surface area contributed by atoms with Gasteiger partial charge in [-0.05, 0) is 48.4 Å². The van der Waals surface area contributed by atoms with Gasteiger partial charge in [0.05, 0.1) is 17.1 Å². The minimum Gasteiger partial charge on any atom is -0.512 e. The molecule has 1 aromatic carbocycles. The van der Waals surface area contributed by atoms with E-state index in [9.17, 15) is 18.7 Å². The zero-order chi connectivity index (χ0) is 22.8. The van der Waals surface area contributed by atoms with Gasteiger partial charge < -0.3 is 10.8 Å². The molecule has 8 heteroatoms. The maximum absolute atomic E-state index is 13.4. The van der Waals surface area contributed by atoms with Gasteiger partial charge in [0, 0.05) is 12.6 Å². The molecule has 0 radical (unpaired) electrons. The lowest BCUT2D eigenvalue weighted by Crippen LogP contribution is -2.42. The van der Waals surface area contributed by atoms with Crippen molar-refractivity contribution in [1.29, 1.82) is 0 Å². The number of nitrogens with two attached hydrogens (primary N) is 1. The number of aliphatic hydroxyl groups excluding tert-OH is 1. The van der Waals surface area contributed by atoms with Crippen molar-refractivity contribution in [1.82, 2.24) is 9.88 Å². The largest absolute Gasteiger partial charge is 0.512 e. The van der Waals surface area contributed by atoms with Crippen LogP contribution in [0.1, 0.15) is 23.9 Å². The fourth-order valence-electron chi connectivity index (χ4n) is 3.39. The van der Waals surface area contributed by atoms with E-state index in [1.54, 1.807) is 12.1 Å². The third-order valence-corrected chi connectivity index (χ3v) is 5.04. The third-order valence-electron chi connectivity index (χ3n) is 5.04. The first-order chi connectivity index (χ1) is 14.7. The molecular formula is C23H22F2N4O2. The van der Waals surface area contributed by atoms with Crippen molar-refractivity contribution in [3.63, 3.8) is 0 Å². The predicted octanol–water partition coefficient (Wildman–Crippen LogP) is 3.77. The van der Waals surface area contributed by atoms with Crippen molar-refractivity contribution in [2.75, 3.05) is 7.05 Å². The van der Waals surface area contributed by atoms with Gasteiger partial charge in [-0.15, -0.1) is 0 Å². The first-order valence-corrected chi connectivity index (χ1v) is 9.40. The summed E-state index contributed by atoms with van der Waals surface area (Å²) in [6.45, 7) is 4.45. The van der Waals surface area contributed by atoms with Crippen LogP contribution in [0.2, 0.25) is 0 Å². The van der Waals surface area contributed by atoms with E-state index >= 15 is 0 Å². The monoisotopic (exact) mass is 424 g/mol. The molecule has 1 aromatic heterocycles. The number of guanidine groups is 1. The van der Waals surface area contributed by atoms with Gasteiger partial charge in [-0.1, -0.05) is 30.9 Å². The summed E-state index contributed by atoms with van der Waals surface area (Å²) in [6.07, 6.45) is 2.93. The van der Waals surface area contributed by atoms with Crippen LogP contribution in [0.15, 0.2) is 77.5 Å². The lowest BCUT2D eigenvalue weighted by molar-refractivity contribution is -0.129. The van der Waals surface area contributed by atoms with E-state index in [4.69, 9.17) is 5.73 Å². The average molecular weight is 424 g/mol. The highest BCUT2D eigenvalue weighted by atomic mass is 19.1. The first-order valence-electron chi connectivity index (χ1n) is 9.40. The number of benzene rings is 1. The van der Waals surface area contributed by atoms with Gasteiger partial charge in [0.1, 0.15) is 12.5 Å². The van der Waals surface area contributed by atoms with Crippen LogP contribution in [0.4, 0.5) is 8.78 Å². The molecule has 0 spiro atoms. The highest BCUT2D eigenvalue weighted by Crippen LogP contribution is 2.40. The number of allylic oxidation sites excluding steroid dienone is 3. The number of aliphatic imine (C=N–C) groups is 1. The summed E-state index contributed by atoms with van der Waals surface area (Å²) in [5.41, 5.74) is 5.63. The highest BCUT2D eigenvalue weighted by Gasteiger charge is 2.51. The molecular weight excluding hydrogens is 402 g/mol. The Hall–Kier alpha value is -3.81. The quantitative estimate of drug-likeness (QED) is 0.545. The summed E-state index contributed by atoms with van der Waals surface area (Å²) in [6, 6.07) is 10.1. The Balaban J connectivity index is 2.29. The molecule has 1 amide bonds. The summed E-state index contributed by atoms with van der Waals surface area (Å²) in [5, 5.41) is 10.3. The van der Waals surface area contributed by atoms with Gasteiger partial charge in [-0.25, -0.2) is 13.8 Å².